The number of rotatable bonds is 4. The molecule has 24 heavy (non-hydrogen) atoms. The summed E-state index contributed by atoms with van der Waals surface area (Å²) in [6, 6.07) is 11.7. The highest BCUT2D eigenvalue weighted by Crippen LogP contribution is 2.30. The number of aliphatic hydroxyl groups excluding tert-OH is 1. The number of aliphatic hydroxyl groups is 1. The number of aromatic nitrogens is 1. The molecule has 0 radical (unpaired) electrons. The van der Waals surface area contributed by atoms with Gasteiger partial charge in [-0.2, -0.15) is 5.26 Å². The van der Waals surface area contributed by atoms with Gasteiger partial charge in [-0.05, 0) is 36.6 Å². The Balaban J connectivity index is 1.80. The number of pyridine rings is 1. The molecule has 1 saturated heterocycles. The Bertz CT molecular complexity index is 731. The fourth-order valence-electron chi connectivity index (χ4n) is 3.14. The second kappa shape index (κ2) is 7.43. The van der Waals surface area contributed by atoms with E-state index in [0.29, 0.717) is 5.75 Å². The van der Waals surface area contributed by atoms with E-state index in [0.717, 1.165) is 42.6 Å². The molecule has 1 aliphatic heterocycles. The van der Waals surface area contributed by atoms with Gasteiger partial charge in [0.05, 0.1) is 13.2 Å². The molecule has 2 unspecified atom stereocenters. The van der Waals surface area contributed by atoms with Crippen molar-refractivity contribution in [1.82, 2.24) is 10.3 Å². The minimum absolute atomic E-state index is 0.265. The van der Waals surface area contributed by atoms with Crippen LogP contribution in [0.2, 0.25) is 0 Å². The number of benzene rings is 1. The van der Waals surface area contributed by atoms with Crippen LogP contribution in [-0.2, 0) is 0 Å². The van der Waals surface area contributed by atoms with Crippen LogP contribution in [0.15, 0.2) is 36.5 Å². The summed E-state index contributed by atoms with van der Waals surface area (Å²) in [6.07, 6.45) is 3.38. The van der Waals surface area contributed by atoms with Gasteiger partial charge in [-0.15, -0.1) is 0 Å². The molecule has 1 aliphatic rings. The quantitative estimate of drug-likeness (QED) is 0.904. The van der Waals surface area contributed by atoms with Crippen molar-refractivity contribution in [1.29, 1.82) is 5.26 Å². The SMILES string of the molecule is COc1cc(-c2ccc(C(O)C3CCCNC3)cc2)cnc1C#N. The van der Waals surface area contributed by atoms with Crippen LogP contribution in [0.3, 0.4) is 0 Å². The summed E-state index contributed by atoms with van der Waals surface area (Å²) in [5.74, 6) is 0.730. The van der Waals surface area contributed by atoms with Gasteiger partial charge < -0.3 is 15.2 Å². The second-order valence-corrected chi connectivity index (χ2v) is 6.06. The first-order valence-corrected chi connectivity index (χ1v) is 8.16. The first-order valence-electron chi connectivity index (χ1n) is 8.16. The molecule has 1 aromatic carbocycles. The normalized spacial score (nSPS) is 18.6. The number of hydrogen-bond acceptors (Lipinski definition) is 5. The number of hydrogen-bond donors (Lipinski definition) is 2. The number of nitrogens with zero attached hydrogens (tertiary/aromatic N) is 2. The Hall–Kier alpha value is -2.42. The molecular formula is C19H21N3O2. The number of methoxy groups -OCH3 is 1. The minimum Gasteiger partial charge on any atom is -0.494 e. The molecule has 0 amide bonds. The first-order chi connectivity index (χ1) is 11.7. The Kier molecular flexibility index (Phi) is 5.09. The van der Waals surface area contributed by atoms with Crippen molar-refractivity contribution < 1.29 is 9.84 Å². The highest BCUT2D eigenvalue weighted by Gasteiger charge is 2.22. The summed E-state index contributed by atoms with van der Waals surface area (Å²) in [4.78, 5) is 4.13. The highest BCUT2D eigenvalue weighted by molar-refractivity contribution is 5.65. The van der Waals surface area contributed by atoms with Gasteiger partial charge in [-0.3, -0.25) is 0 Å². The van der Waals surface area contributed by atoms with E-state index in [4.69, 9.17) is 10.00 Å². The molecule has 2 aromatic rings. The molecule has 0 saturated carbocycles. The van der Waals surface area contributed by atoms with Crippen LogP contribution in [-0.4, -0.2) is 30.3 Å². The van der Waals surface area contributed by atoms with Crippen LogP contribution in [0.5, 0.6) is 5.75 Å². The summed E-state index contributed by atoms with van der Waals surface area (Å²) in [6.45, 7) is 1.90. The van der Waals surface area contributed by atoms with Gasteiger partial charge in [0.1, 0.15) is 6.07 Å². The third-order valence-electron chi connectivity index (χ3n) is 4.55. The van der Waals surface area contributed by atoms with Crippen molar-refractivity contribution in [2.24, 2.45) is 5.92 Å². The van der Waals surface area contributed by atoms with Crippen LogP contribution in [0.4, 0.5) is 0 Å². The molecule has 0 spiro atoms. The lowest BCUT2D eigenvalue weighted by Gasteiger charge is -2.27. The summed E-state index contributed by atoms with van der Waals surface area (Å²) >= 11 is 0. The van der Waals surface area contributed by atoms with Gasteiger partial charge in [0.15, 0.2) is 11.4 Å². The number of nitriles is 1. The Morgan fingerprint density at radius 2 is 2.12 bits per heavy atom. The Morgan fingerprint density at radius 3 is 2.75 bits per heavy atom. The average molecular weight is 323 g/mol. The third-order valence-corrected chi connectivity index (χ3v) is 4.55. The molecule has 0 bridgehead atoms. The lowest BCUT2D eigenvalue weighted by atomic mass is 9.89. The zero-order valence-corrected chi connectivity index (χ0v) is 13.7. The van der Waals surface area contributed by atoms with Crippen molar-refractivity contribution in [3.05, 3.63) is 47.8 Å². The van der Waals surface area contributed by atoms with E-state index in [-0.39, 0.29) is 11.6 Å². The largest absolute Gasteiger partial charge is 0.494 e. The second-order valence-electron chi connectivity index (χ2n) is 6.06. The maximum Gasteiger partial charge on any atom is 0.182 e. The number of piperidine rings is 1. The smallest absolute Gasteiger partial charge is 0.182 e. The van der Waals surface area contributed by atoms with Gasteiger partial charge >= 0.3 is 0 Å². The molecule has 0 aliphatic carbocycles. The zero-order chi connectivity index (χ0) is 16.9. The van der Waals surface area contributed by atoms with Gasteiger partial charge in [0.25, 0.3) is 0 Å². The van der Waals surface area contributed by atoms with E-state index >= 15 is 0 Å². The summed E-state index contributed by atoms with van der Waals surface area (Å²) in [5.41, 5.74) is 3.06. The predicted octanol–water partition coefficient (Wildman–Crippen LogP) is 2.66. The van der Waals surface area contributed by atoms with Crippen LogP contribution in [0.25, 0.3) is 11.1 Å². The van der Waals surface area contributed by atoms with E-state index in [1.807, 2.05) is 36.4 Å². The van der Waals surface area contributed by atoms with E-state index in [1.54, 1.807) is 6.20 Å². The lowest BCUT2D eigenvalue weighted by molar-refractivity contribution is 0.0922. The van der Waals surface area contributed by atoms with E-state index < -0.39 is 6.10 Å². The van der Waals surface area contributed by atoms with Crippen LogP contribution < -0.4 is 10.1 Å². The van der Waals surface area contributed by atoms with E-state index in [1.165, 1.54) is 7.11 Å². The van der Waals surface area contributed by atoms with Crippen molar-refractivity contribution in [2.75, 3.05) is 20.2 Å². The molecule has 2 N–H and O–H groups in total. The molecule has 5 nitrogen and oxygen atoms in total. The van der Waals surface area contributed by atoms with Gasteiger partial charge in [-0.25, -0.2) is 4.98 Å². The van der Waals surface area contributed by atoms with Crippen molar-refractivity contribution >= 4 is 0 Å². The first kappa shape index (κ1) is 16.4. The molecule has 5 heteroatoms. The van der Waals surface area contributed by atoms with Crippen LogP contribution in [0.1, 0.15) is 30.2 Å². The Labute approximate surface area is 141 Å². The maximum absolute atomic E-state index is 10.5. The van der Waals surface area contributed by atoms with Gasteiger partial charge in [0.2, 0.25) is 0 Å². The predicted molar refractivity (Wildman–Crippen MR) is 91.5 cm³/mol. The van der Waals surface area contributed by atoms with E-state index in [2.05, 4.69) is 10.3 Å². The number of ether oxygens (including phenoxy) is 1. The Morgan fingerprint density at radius 1 is 1.33 bits per heavy atom. The van der Waals surface area contributed by atoms with Gasteiger partial charge in [-0.1, -0.05) is 24.3 Å². The summed E-state index contributed by atoms with van der Waals surface area (Å²) in [5, 5.41) is 22.9. The molecule has 1 aromatic heterocycles. The summed E-state index contributed by atoms with van der Waals surface area (Å²) < 4.78 is 5.21. The minimum atomic E-state index is -0.444. The average Bonchev–Trinajstić information content (AvgIpc) is 2.67. The fourth-order valence-corrected chi connectivity index (χ4v) is 3.14. The molecule has 124 valence electrons. The molecule has 3 rings (SSSR count). The monoisotopic (exact) mass is 323 g/mol. The summed E-state index contributed by atoms with van der Waals surface area (Å²) in [7, 11) is 1.53. The lowest BCUT2D eigenvalue weighted by Crippen LogP contribution is -2.33. The molecular weight excluding hydrogens is 302 g/mol. The highest BCUT2D eigenvalue weighted by atomic mass is 16.5. The van der Waals surface area contributed by atoms with Crippen molar-refractivity contribution in [2.45, 2.75) is 18.9 Å². The third kappa shape index (κ3) is 3.40. The maximum atomic E-state index is 10.5. The molecule has 2 atom stereocenters. The fraction of sp³-hybridized carbons (Fsp3) is 0.368. The molecule has 2 heterocycles. The standard InChI is InChI=1S/C19H21N3O2/c1-24-18-9-16(12-22-17(18)10-20)13-4-6-14(7-5-13)19(23)15-3-2-8-21-11-15/h4-7,9,12,15,19,21,23H,2-3,8,11H2,1H3. The van der Waals surface area contributed by atoms with Crippen LogP contribution >= 0.6 is 0 Å². The van der Waals surface area contributed by atoms with Crippen molar-refractivity contribution in [3.8, 4) is 22.9 Å². The molecule has 1 fully saturated rings. The topological polar surface area (TPSA) is 78.2 Å². The van der Waals surface area contributed by atoms with E-state index in [9.17, 15) is 5.11 Å². The number of nitrogens with one attached hydrogen (secondary N) is 1. The zero-order valence-electron chi connectivity index (χ0n) is 13.7. The van der Waals surface area contributed by atoms with Crippen molar-refractivity contribution in [3.63, 3.8) is 0 Å². The van der Waals surface area contributed by atoms with Crippen LogP contribution in [0, 0.1) is 17.2 Å². The van der Waals surface area contributed by atoms with Gasteiger partial charge in [0, 0.05) is 24.2 Å².